The molecule has 1 fully saturated rings. The summed E-state index contributed by atoms with van der Waals surface area (Å²) in [6.07, 6.45) is 6.97. The fraction of sp³-hybridized carbons (Fsp3) is 0.343. The molecule has 0 radical (unpaired) electrons. The van der Waals surface area contributed by atoms with E-state index in [4.69, 9.17) is 13.9 Å². The predicted molar refractivity (Wildman–Crippen MR) is 183 cm³/mol. The lowest BCUT2D eigenvalue weighted by atomic mass is 10.1. The number of likely N-dealkylation sites (tertiary alicyclic amines) is 1. The molecule has 1 saturated heterocycles. The minimum absolute atomic E-state index is 0.174. The summed E-state index contributed by atoms with van der Waals surface area (Å²) in [5, 5.41) is 6.37. The quantitative estimate of drug-likeness (QED) is 0.114. The number of hydrogen-bond donors (Lipinski definition) is 2. The first kappa shape index (κ1) is 33.9. The third-order valence-electron chi connectivity index (χ3n) is 8.12. The molecular formula is C35H40N6O7. The number of ether oxygens (including phenoxy) is 2. The first-order valence-electron chi connectivity index (χ1n) is 15.6. The smallest absolute Gasteiger partial charge is 0.289 e. The van der Waals surface area contributed by atoms with Crippen LogP contribution in [-0.2, 0) is 11.8 Å². The molecule has 0 bridgehead atoms. The van der Waals surface area contributed by atoms with E-state index in [1.54, 1.807) is 74.4 Å². The molecule has 252 valence electrons. The molecule has 13 nitrogen and oxygen atoms in total. The molecule has 48 heavy (non-hydrogen) atoms. The van der Waals surface area contributed by atoms with Crippen molar-refractivity contribution in [1.82, 2.24) is 14.4 Å². The summed E-state index contributed by atoms with van der Waals surface area (Å²) in [7, 11) is 8.55. The molecule has 0 spiro atoms. The Bertz CT molecular complexity index is 1860. The average Bonchev–Trinajstić information content (AvgIpc) is 3.78. The Morgan fingerprint density at radius 2 is 1.88 bits per heavy atom. The number of aryl methyl sites for hydroxylation is 1. The first-order valence-corrected chi connectivity index (χ1v) is 15.6. The molecule has 5 rings (SSSR count). The van der Waals surface area contributed by atoms with Gasteiger partial charge in [0.2, 0.25) is 5.91 Å². The number of rotatable bonds is 13. The Kier molecular flexibility index (Phi) is 10.6. The number of aldehydes is 1. The van der Waals surface area contributed by atoms with Crippen LogP contribution < -0.4 is 20.1 Å². The molecule has 2 N–H and O–H groups in total. The van der Waals surface area contributed by atoms with E-state index < -0.39 is 0 Å². The Hall–Kier alpha value is -5.43. The third-order valence-corrected chi connectivity index (χ3v) is 8.12. The first-order chi connectivity index (χ1) is 23.1. The Balaban J connectivity index is 1.14. The molecule has 2 aromatic carbocycles. The summed E-state index contributed by atoms with van der Waals surface area (Å²) in [6.45, 7) is 1.24. The van der Waals surface area contributed by atoms with Gasteiger partial charge in [-0.3, -0.25) is 29.1 Å². The molecular weight excluding hydrogens is 616 g/mol. The second kappa shape index (κ2) is 15.0. The predicted octanol–water partition coefficient (Wildman–Crippen LogP) is 5.14. The van der Waals surface area contributed by atoms with Crippen LogP contribution in [0.25, 0.3) is 11.0 Å². The maximum absolute atomic E-state index is 13.1. The van der Waals surface area contributed by atoms with Crippen LogP contribution in [0.2, 0.25) is 0 Å². The molecule has 0 saturated carbocycles. The third kappa shape index (κ3) is 7.92. The normalized spacial score (nSPS) is 14.7. The van der Waals surface area contributed by atoms with Crippen LogP contribution in [0.1, 0.15) is 57.1 Å². The van der Waals surface area contributed by atoms with Crippen molar-refractivity contribution in [2.24, 2.45) is 12.0 Å². The van der Waals surface area contributed by atoms with Crippen LogP contribution in [0.5, 0.6) is 11.5 Å². The van der Waals surface area contributed by atoms with Crippen molar-refractivity contribution in [1.29, 1.82) is 0 Å². The molecule has 13 heteroatoms. The number of furan rings is 1. The maximum atomic E-state index is 13.1. The lowest BCUT2D eigenvalue weighted by Crippen LogP contribution is -2.25. The number of nitrogens with one attached hydrogen (secondary N) is 2. The molecule has 1 aliphatic heterocycles. The number of anilines is 2. The van der Waals surface area contributed by atoms with Crippen molar-refractivity contribution in [3.8, 4) is 11.5 Å². The van der Waals surface area contributed by atoms with Gasteiger partial charge in [-0.05, 0) is 69.3 Å². The van der Waals surface area contributed by atoms with Gasteiger partial charge in [-0.1, -0.05) is 0 Å². The van der Waals surface area contributed by atoms with Gasteiger partial charge in [-0.2, -0.15) is 0 Å². The summed E-state index contributed by atoms with van der Waals surface area (Å²) in [4.78, 5) is 58.0. The number of carbonyl (C=O) groups is 4. The largest absolute Gasteiger partial charge is 0.493 e. The van der Waals surface area contributed by atoms with Crippen molar-refractivity contribution < 1.29 is 33.1 Å². The highest BCUT2D eigenvalue weighted by Gasteiger charge is 2.20. The molecule has 1 atom stereocenters. The van der Waals surface area contributed by atoms with Gasteiger partial charge in [-0.15, -0.1) is 0 Å². The van der Waals surface area contributed by atoms with Crippen molar-refractivity contribution in [2.75, 3.05) is 52.0 Å². The Morgan fingerprint density at radius 3 is 2.58 bits per heavy atom. The fourth-order valence-electron chi connectivity index (χ4n) is 5.47. The zero-order valence-electron chi connectivity index (χ0n) is 27.7. The Labute approximate surface area is 278 Å². The summed E-state index contributed by atoms with van der Waals surface area (Å²) in [5.41, 5.74) is 2.78. The topological polar surface area (TPSA) is 148 Å². The van der Waals surface area contributed by atoms with Crippen molar-refractivity contribution in [3.05, 3.63) is 65.7 Å². The Morgan fingerprint density at radius 1 is 1.06 bits per heavy atom. The van der Waals surface area contributed by atoms with Gasteiger partial charge in [0.25, 0.3) is 11.8 Å². The maximum Gasteiger partial charge on any atom is 0.289 e. The van der Waals surface area contributed by atoms with E-state index in [1.807, 2.05) is 6.21 Å². The number of carbonyl (C=O) groups excluding carboxylic acids is 4. The number of aromatic nitrogens is 1. The number of methoxy groups -OCH3 is 1. The lowest BCUT2D eigenvalue weighted by molar-refractivity contribution is -0.116. The van der Waals surface area contributed by atoms with Crippen LogP contribution in [-0.4, -0.2) is 92.0 Å². The second-order valence-corrected chi connectivity index (χ2v) is 11.9. The number of aliphatic imine (C=N–C) groups is 1. The highest BCUT2D eigenvalue weighted by atomic mass is 16.5. The number of benzene rings is 2. The molecule has 4 aromatic rings. The van der Waals surface area contributed by atoms with Crippen LogP contribution >= 0.6 is 0 Å². The van der Waals surface area contributed by atoms with Crippen LogP contribution in [0.4, 0.5) is 17.1 Å². The number of nitrogens with zero attached hydrogens (tertiary/aromatic N) is 4. The molecule has 1 aliphatic rings. The van der Waals surface area contributed by atoms with Gasteiger partial charge in [0.1, 0.15) is 11.3 Å². The van der Waals surface area contributed by atoms with E-state index in [1.165, 1.54) is 12.0 Å². The molecule has 2 aromatic heterocycles. The summed E-state index contributed by atoms with van der Waals surface area (Å²) < 4.78 is 18.6. The van der Waals surface area contributed by atoms with Gasteiger partial charge in [0.15, 0.2) is 23.5 Å². The standard InChI is InChI=1S/C35H40N6O7/c1-39(2)35(45)32-15-22-14-24(10-11-29(22)48-32)38-34(44)28-17-25(20-41(28)4)37-33(43)9-7-13-47-31-18-27(23(21-42)16-30(31)46-5)36-19-26-8-6-12-40(26)3/h10-11,14-21,26H,6-9,12-13H2,1-5H3,(H,37,43)(H,38,44)/b36-19-. The van der Waals surface area contributed by atoms with Gasteiger partial charge < -0.3 is 34.0 Å². The van der Waals surface area contributed by atoms with E-state index in [9.17, 15) is 19.2 Å². The van der Waals surface area contributed by atoms with Crippen LogP contribution in [0.15, 0.2) is 58.1 Å². The number of fused-ring (bicyclic) bond motifs is 1. The van der Waals surface area contributed by atoms with Crippen molar-refractivity contribution in [2.45, 2.75) is 31.7 Å². The van der Waals surface area contributed by atoms with Gasteiger partial charge >= 0.3 is 0 Å². The van der Waals surface area contributed by atoms with E-state index in [-0.39, 0.29) is 42.6 Å². The molecule has 3 amide bonds. The van der Waals surface area contributed by atoms with E-state index in [2.05, 4.69) is 27.6 Å². The molecule has 3 heterocycles. The SMILES string of the molecule is COc1cc(C=O)c(/N=C\C2CCCN2C)cc1OCCCC(=O)Nc1cc(C(=O)Nc2ccc3oc(C(=O)N(C)C)cc3c2)n(C)c1. The summed E-state index contributed by atoms with van der Waals surface area (Å²) in [5.74, 6) is 0.190. The van der Waals surface area contributed by atoms with Crippen molar-refractivity contribution in [3.63, 3.8) is 0 Å². The monoisotopic (exact) mass is 656 g/mol. The van der Waals surface area contributed by atoms with Gasteiger partial charge in [0, 0.05) is 68.7 Å². The number of amides is 3. The average molecular weight is 657 g/mol. The van der Waals surface area contributed by atoms with Crippen LogP contribution in [0, 0.1) is 0 Å². The zero-order chi connectivity index (χ0) is 34.4. The van der Waals surface area contributed by atoms with Crippen molar-refractivity contribution >= 4 is 58.3 Å². The van der Waals surface area contributed by atoms with Gasteiger partial charge in [-0.25, -0.2) is 0 Å². The number of hydrogen-bond acceptors (Lipinski definition) is 9. The van der Waals surface area contributed by atoms with Crippen LogP contribution in [0.3, 0.4) is 0 Å². The van der Waals surface area contributed by atoms with E-state index >= 15 is 0 Å². The highest BCUT2D eigenvalue weighted by molar-refractivity contribution is 6.05. The van der Waals surface area contributed by atoms with E-state index in [0.717, 1.165) is 25.7 Å². The van der Waals surface area contributed by atoms with E-state index in [0.29, 0.717) is 57.2 Å². The summed E-state index contributed by atoms with van der Waals surface area (Å²) in [6, 6.07) is 11.8. The minimum Gasteiger partial charge on any atom is -0.493 e. The molecule has 0 aliphatic carbocycles. The lowest BCUT2D eigenvalue weighted by Gasteiger charge is -2.15. The zero-order valence-corrected chi connectivity index (χ0v) is 27.7. The summed E-state index contributed by atoms with van der Waals surface area (Å²) >= 11 is 0. The minimum atomic E-state index is -0.368. The second-order valence-electron chi connectivity index (χ2n) is 11.9. The van der Waals surface area contributed by atoms with Gasteiger partial charge in [0.05, 0.1) is 25.1 Å². The fourth-order valence-corrected chi connectivity index (χ4v) is 5.47. The molecule has 1 unspecified atom stereocenters. The highest BCUT2D eigenvalue weighted by Crippen LogP contribution is 2.35.